The zero-order valence-electron chi connectivity index (χ0n) is 11.5. The molecule has 1 fully saturated rings. The molecule has 4 nitrogen and oxygen atoms in total. The predicted octanol–water partition coefficient (Wildman–Crippen LogP) is 1.20. The summed E-state index contributed by atoms with van der Waals surface area (Å²) in [5, 5.41) is 13.2. The van der Waals surface area contributed by atoms with Crippen molar-refractivity contribution in [3.63, 3.8) is 0 Å². The van der Waals surface area contributed by atoms with Gasteiger partial charge in [0.1, 0.15) is 0 Å². The number of likely N-dealkylation sites (tertiary alicyclic amines) is 1. The molecule has 0 amide bonds. The van der Waals surface area contributed by atoms with Gasteiger partial charge in [-0.1, -0.05) is 6.92 Å². The van der Waals surface area contributed by atoms with Gasteiger partial charge >= 0.3 is 0 Å². The van der Waals surface area contributed by atoms with Gasteiger partial charge in [0.25, 0.3) is 0 Å². The molecule has 0 radical (unpaired) electrons. The Morgan fingerprint density at radius 3 is 2.94 bits per heavy atom. The zero-order chi connectivity index (χ0) is 13.1. The number of nitrogens with zero attached hydrogens (tertiary/aromatic N) is 3. The molecule has 18 heavy (non-hydrogen) atoms. The standard InChI is InChI=1S/C13H23N3OS/c1-4-13-14-10(9-18-13)6-16-8-12(17)5-11(16)7-15(2)3/h9,11-12,17H,4-8H2,1-3H3. The molecule has 2 heterocycles. The van der Waals surface area contributed by atoms with Crippen molar-refractivity contribution in [3.05, 3.63) is 16.1 Å². The fourth-order valence-electron chi connectivity index (χ4n) is 2.55. The maximum absolute atomic E-state index is 9.83. The van der Waals surface area contributed by atoms with Crippen LogP contribution in [0.1, 0.15) is 24.0 Å². The summed E-state index contributed by atoms with van der Waals surface area (Å²) < 4.78 is 0. The highest BCUT2D eigenvalue weighted by Gasteiger charge is 2.31. The van der Waals surface area contributed by atoms with Gasteiger partial charge in [-0.25, -0.2) is 4.98 Å². The molecule has 1 aliphatic rings. The number of rotatable bonds is 5. The maximum atomic E-state index is 9.83. The molecule has 0 aliphatic carbocycles. The van der Waals surface area contributed by atoms with Crippen molar-refractivity contribution in [2.75, 3.05) is 27.2 Å². The molecule has 2 unspecified atom stereocenters. The van der Waals surface area contributed by atoms with Gasteiger partial charge in [-0.15, -0.1) is 11.3 Å². The number of hydrogen-bond donors (Lipinski definition) is 1. The Morgan fingerprint density at radius 2 is 2.33 bits per heavy atom. The van der Waals surface area contributed by atoms with Crippen LogP contribution < -0.4 is 0 Å². The van der Waals surface area contributed by atoms with E-state index in [9.17, 15) is 5.11 Å². The van der Waals surface area contributed by atoms with Gasteiger partial charge in [0.15, 0.2) is 0 Å². The van der Waals surface area contributed by atoms with Crippen molar-refractivity contribution >= 4 is 11.3 Å². The third-order valence-corrected chi connectivity index (χ3v) is 4.39. The van der Waals surface area contributed by atoms with Crippen LogP contribution in [0.4, 0.5) is 0 Å². The van der Waals surface area contributed by atoms with E-state index < -0.39 is 0 Å². The van der Waals surface area contributed by atoms with Gasteiger partial charge in [0, 0.05) is 31.1 Å². The Bertz CT molecular complexity index is 380. The van der Waals surface area contributed by atoms with Crippen LogP contribution in [-0.4, -0.2) is 59.2 Å². The number of aliphatic hydroxyl groups excluding tert-OH is 1. The molecule has 5 heteroatoms. The van der Waals surface area contributed by atoms with Crippen LogP contribution in [0.3, 0.4) is 0 Å². The van der Waals surface area contributed by atoms with Crippen LogP contribution >= 0.6 is 11.3 Å². The van der Waals surface area contributed by atoms with Crippen molar-refractivity contribution in [1.82, 2.24) is 14.8 Å². The maximum Gasteiger partial charge on any atom is 0.0926 e. The van der Waals surface area contributed by atoms with Gasteiger partial charge in [-0.2, -0.15) is 0 Å². The van der Waals surface area contributed by atoms with Gasteiger partial charge in [0.05, 0.1) is 16.8 Å². The van der Waals surface area contributed by atoms with E-state index in [0.29, 0.717) is 6.04 Å². The lowest BCUT2D eigenvalue weighted by molar-refractivity contribution is 0.168. The van der Waals surface area contributed by atoms with Crippen molar-refractivity contribution in [3.8, 4) is 0 Å². The van der Waals surface area contributed by atoms with E-state index in [1.165, 1.54) is 5.01 Å². The first kappa shape index (κ1) is 13.9. The van der Waals surface area contributed by atoms with Gasteiger partial charge < -0.3 is 10.0 Å². The minimum atomic E-state index is -0.181. The monoisotopic (exact) mass is 269 g/mol. The second-order valence-electron chi connectivity index (χ2n) is 5.32. The molecule has 2 atom stereocenters. The van der Waals surface area contributed by atoms with E-state index in [-0.39, 0.29) is 6.10 Å². The lowest BCUT2D eigenvalue weighted by atomic mass is 10.2. The Morgan fingerprint density at radius 1 is 1.56 bits per heavy atom. The highest BCUT2D eigenvalue weighted by molar-refractivity contribution is 7.09. The van der Waals surface area contributed by atoms with Crippen molar-refractivity contribution in [2.45, 2.75) is 38.5 Å². The number of aromatic nitrogens is 1. The predicted molar refractivity (Wildman–Crippen MR) is 74.9 cm³/mol. The summed E-state index contributed by atoms with van der Waals surface area (Å²) in [4.78, 5) is 9.16. The van der Waals surface area contributed by atoms with E-state index in [4.69, 9.17) is 0 Å². The zero-order valence-corrected chi connectivity index (χ0v) is 12.3. The molecule has 1 aliphatic heterocycles. The smallest absolute Gasteiger partial charge is 0.0926 e. The first-order chi connectivity index (χ1) is 8.58. The van der Waals surface area contributed by atoms with Crippen LogP contribution in [0.2, 0.25) is 0 Å². The Balaban J connectivity index is 1.97. The van der Waals surface area contributed by atoms with E-state index in [0.717, 1.165) is 38.2 Å². The van der Waals surface area contributed by atoms with Gasteiger partial charge in [0.2, 0.25) is 0 Å². The van der Waals surface area contributed by atoms with Crippen LogP contribution in [0.25, 0.3) is 0 Å². The Labute approximate surface area is 113 Å². The second-order valence-corrected chi connectivity index (χ2v) is 6.26. The number of β-amino-alcohol motifs (C(OH)–C–C–N with tert-alkyl or cyclic N) is 1. The summed E-state index contributed by atoms with van der Waals surface area (Å²) in [7, 11) is 4.17. The molecule has 1 N–H and O–H groups in total. The summed E-state index contributed by atoms with van der Waals surface area (Å²) in [6.07, 6.45) is 1.71. The number of thiazole rings is 1. The molecule has 1 saturated heterocycles. The SMILES string of the molecule is CCc1nc(CN2CC(O)CC2CN(C)C)cs1. The minimum absolute atomic E-state index is 0.181. The molecule has 1 aromatic rings. The largest absolute Gasteiger partial charge is 0.392 e. The molecule has 102 valence electrons. The quantitative estimate of drug-likeness (QED) is 0.872. The highest BCUT2D eigenvalue weighted by atomic mass is 32.1. The molecular formula is C13H23N3OS. The first-order valence-electron chi connectivity index (χ1n) is 6.58. The van der Waals surface area contributed by atoms with Crippen LogP contribution in [0, 0.1) is 0 Å². The number of aliphatic hydroxyl groups is 1. The normalized spacial score (nSPS) is 25.2. The Hall–Kier alpha value is -0.490. The summed E-state index contributed by atoms with van der Waals surface area (Å²) in [5.41, 5.74) is 1.15. The van der Waals surface area contributed by atoms with E-state index in [2.05, 4.69) is 41.2 Å². The molecule has 0 aromatic carbocycles. The fraction of sp³-hybridized carbons (Fsp3) is 0.769. The first-order valence-corrected chi connectivity index (χ1v) is 7.46. The molecule has 0 bridgehead atoms. The van der Waals surface area contributed by atoms with Crippen LogP contribution in [-0.2, 0) is 13.0 Å². The highest BCUT2D eigenvalue weighted by Crippen LogP contribution is 2.22. The summed E-state index contributed by atoms with van der Waals surface area (Å²) in [5.74, 6) is 0. The summed E-state index contributed by atoms with van der Waals surface area (Å²) in [6.45, 7) is 4.78. The molecular weight excluding hydrogens is 246 g/mol. The topological polar surface area (TPSA) is 39.6 Å². The van der Waals surface area contributed by atoms with E-state index >= 15 is 0 Å². The van der Waals surface area contributed by atoms with Crippen LogP contribution in [0.15, 0.2) is 5.38 Å². The summed E-state index contributed by atoms with van der Waals surface area (Å²) in [6, 6.07) is 0.446. The lowest BCUT2D eigenvalue weighted by Gasteiger charge is -2.25. The number of hydrogen-bond acceptors (Lipinski definition) is 5. The second kappa shape index (κ2) is 6.10. The number of likely N-dealkylation sites (N-methyl/N-ethyl adjacent to an activating group) is 1. The van der Waals surface area contributed by atoms with Crippen molar-refractivity contribution in [1.29, 1.82) is 0 Å². The average Bonchev–Trinajstić information content (AvgIpc) is 2.86. The fourth-order valence-corrected chi connectivity index (χ4v) is 3.29. The van der Waals surface area contributed by atoms with Crippen LogP contribution in [0.5, 0.6) is 0 Å². The van der Waals surface area contributed by atoms with E-state index in [1.54, 1.807) is 11.3 Å². The molecule has 0 saturated carbocycles. The molecule has 0 spiro atoms. The Kier molecular flexibility index (Phi) is 4.72. The lowest BCUT2D eigenvalue weighted by Crippen LogP contribution is -2.37. The van der Waals surface area contributed by atoms with Crippen molar-refractivity contribution in [2.24, 2.45) is 0 Å². The van der Waals surface area contributed by atoms with Crippen molar-refractivity contribution < 1.29 is 5.11 Å². The summed E-state index contributed by atoms with van der Waals surface area (Å²) >= 11 is 1.74. The third-order valence-electron chi connectivity index (χ3n) is 3.35. The van der Waals surface area contributed by atoms with Gasteiger partial charge in [-0.05, 0) is 26.9 Å². The van der Waals surface area contributed by atoms with Gasteiger partial charge in [-0.3, -0.25) is 4.90 Å². The minimum Gasteiger partial charge on any atom is -0.392 e. The molecule has 1 aromatic heterocycles. The number of aryl methyl sites for hydroxylation is 1. The average molecular weight is 269 g/mol. The van der Waals surface area contributed by atoms with E-state index in [1.807, 2.05) is 0 Å². The third kappa shape index (κ3) is 3.51. The molecule has 2 rings (SSSR count).